The van der Waals surface area contributed by atoms with Crippen molar-refractivity contribution in [2.24, 2.45) is 0 Å². The molecule has 0 atom stereocenters. The highest BCUT2D eigenvalue weighted by atomic mass is 35.5. The summed E-state index contributed by atoms with van der Waals surface area (Å²) >= 11 is 8.15. The van der Waals surface area contributed by atoms with Crippen LogP contribution in [0.5, 0.6) is 11.5 Å². The van der Waals surface area contributed by atoms with Crippen molar-refractivity contribution in [3.8, 4) is 39.7 Å². The molecule has 1 aliphatic carbocycles. The van der Waals surface area contributed by atoms with Crippen molar-refractivity contribution in [1.29, 1.82) is 0 Å². The third-order valence-electron chi connectivity index (χ3n) is 9.81. The number of carbonyl (C=O) groups excluding carboxylic acids is 1. The normalized spacial score (nSPS) is 12.9. The topological polar surface area (TPSA) is 78.3 Å². The molecule has 7 rings (SSSR count). The molecule has 282 valence electrons. The van der Waals surface area contributed by atoms with Gasteiger partial charge in [0.2, 0.25) is 5.91 Å². The van der Waals surface area contributed by atoms with E-state index in [0.717, 1.165) is 58.6 Å². The van der Waals surface area contributed by atoms with Crippen LogP contribution in [0.15, 0.2) is 126 Å². The summed E-state index contributed by atoms with van der Waals surface area (Å²) in [6.07, 6.45) is -0.924. The van der Waals surface area contributed by atoms with Crippen LogP contribution in [-0.4, -0.2) is 46.4 Å². The third kappa shape index (κ3) is 8.23. The van der Waals surface area contributed by atoms with Crippen molar-refractivity contribution in [1.82, 2.24) is 20.1 Å². The molecule has 1 heterocycles. The highest BCUT2D eigenvalue weighted by Crippen LogP contribution is 2.51. The number of para-hydroxylation sites is 1. The summed E-state index contributed by atoms with van der Waals surface area (Å²) in [5, 5.41) is 13.3. The highest BCUT2D eigenvalue weighted by Gasteiger charge is 2.48. The van der Waals surface area contributed by atoms with Gasteiger partial charge in [-0.2, -0.15) is 0 Å². The maximum atomic E-state index is 14.5. The minimum atomic E-state index is -4.79. The molecule has 1 amide bonds. The van der Waals surface area contributed by atoms with E-state index in [0.29, 0.717) is 46.6 Å². The first-order valence-corrected chi connectivity index (χ1v) is 19.3. The summed E-state index contributed by atoms with van der Waals surface area (Å²) in [5.74, 6) is 1.63. The molecule has 55 heavy (non-hydrogen) atoms. The molecule has 0 bridgehead atoms. The van der Waals surface area contributed by atoms with Crippen LogP contribution in [0.2, 0.25) is 5.02 Å². The number of unbranched alkanes of at least 4 members (excludes halogenated alkanes) is 2. The van der Waals surface area contributed by atoms with E-state index in [1.165, 1.54) is 36.0 Å². The fourth-order valence-corrected chi connectivity index (χ4v) is 8.42. The second kappa shape index (κ2) is 16.6. The van der Waals surface area contributed by atoms with Gasteiger partial charge in [0, 0.05) is 17.9 Å². The fraction of sp³-hybridized carbons (Fsp3) is 0.233. The van der Waals surface area contributed by atoms with Crippen molar-refractivity contribution < 1.29 is 27.4 Å². The number of hydrogen-bond donors (Lipinski definition) is 1. The zero-order chi connectivity index (χ0) is 38.4. The monoisotopic (exact) mass is 782 g/mol. The summed E-state index contributed by atoms with van der Waals surface area (Å²) in [4.78, 5) is 14.5. The summed E-state index contributed by atoms with van der Waals surface area (Å²) in [6.45, 7) is 0.507. The second-order valence-corrected chi connectivity index (χ2v) is 14.6. The summed E-state index contributed by atoms with van der Waals surface area (Å²) in [7, 11) is 1.64. The van der Waals surface area contributed by atoms with Crippen molar-refractivity contribution in [3.63, 3.8) is 0 Å². The molecule has 1 aromatic heterocycles. The average molecular weight is 783 g/mol. The number of ether oxygens (including phenoxy) is 2. The van der Waals surface area contributed by atoms with Gasteiger partial charge in [-0.15, -0.1) is 23.4 Å². The zero-order valence-corrected chi connectivity index (χ0v) is 31.6. The Kier molecular flexibility index (Phi) is 11.5. The van der Waals surface area contributed by atoms with Crippen LogP contribution in [0.1, 0.15) is 42.4 Å². The molecule has 6 aromatic rings. The van der Waals surface area contributed by atoms with Gasteiger partial charge in [-0.05, 0) is 95.6 Å². The standard InChI is InChI=1S/C43H38ClF3N4O3S/c1-53-31-21-17-29(18-22-31)25-27-48-40(52)42(35-13-5-3-11-33(35)34-12-4-6-14-36(34)42)26-9-2-10-28-55-41-50-49-39(51(41)38-16-8-7-15-37(38)44)30-19-23-32(24-20-30)54-43(45,46)47/h3-8,11-24H,2,9-10,25-28H2,1H3,(H,48,52). The first-order chi connectivity index (χ1) is 26.7. The number of nitrogens with zero attached hydrogens (tertiary/aromatic N) is 3. The number of nitrogens with one attached hydrogen (secondary N) is 1. The van der Waals surface area contributed by atoms with Gasteiger partial charge in [0.1, 0.15) is 16.9 Å². The zero-order valence-electron chi connectivity index (χ0n) is 30.0. The molecule has 1 N–H and O–H groups in total. The number of methoxy groups -OCH3 is 1. The van der Waals surface area contributed by atoms with Gasteiger partial charge < -0.3 is 14.8 Å². The number of aromatic nitrogens is 3. The molecular formula is C43H38ClF3N4O3S. The number of rotatable bonds is 15. The Labute approximate surface area is 326 Å². The maximum absolute atomic E-state index is 14.5. The summed E-state index contributed by atoms with van der Waals surface area (Å²) in [5.41, 5.74) is 5.76. The van der Waals surface area contributed by atoms with Crippen LogP contribution in [0.3, 0.4) is 0 Å². The minimum absolute atomic E-state index is 0.00570. The lowest BCUT2D eigenvalue weighted by molar-refractivity contribution is -0.274. The Morgan fingerprint density at radius 3 is 2.09 bits per heavy atom. The van der Waals surface area contributed by atoms with Gasteiger partial charge in [0.05, 0.1) is 17.8 Å². The molecule has 1 aliphatic rings. The predicted molar refractivity (Wildman–Crippen MR) is 210 cm³/mol. The number of hydrogen-bond acceptors (Lipinski definition) is 6. The van der Waals surface area contributed by atoms with Crippen molar-refractivity contribution in [2.45, 2.75) is 49.0 Å². The van der Waals surface area contributed by atoms with Gasteiger partial charge in [-0.25, -0.2) is 0 Å². The van der Waals surface area contributed by atoms with Gasteiger partial charge >= 0.3 is 6.36 Å². The lowest BCUT2D eigenvalue weighted by Crippen LogP contribution is -2.45. The molecule has 0 unspecified atom stereocenters. The van der Waals surface area contributed by atoms with Gasteiger partial charge in [-0.3, -0.25) is 9.36 Å². The van der Waals surface area contributed by atoms with Crippen LogP contribution in [0, 0.1) is 0 Å². The van der Waals surface area contributed by atoms with E-state index in [1.54, 1.807) is 13.2 Å². The van der Waals surface area contributed by atoms with Crippen LogP contribution >= 0.6 is 23.4 Å². The van der Waals surface area contributed by atoms with E-state index in [-0.39, 0.29) is 11.7 Å². The molecule has 0 fully saturated rings. The Balaban J connectivity index is 1.05. The quantitative estimate of drug-likeness (QED) is 0.0826. The number of fused-ring (bicyclic) bond motifs is 3. The SMILES string of the molecule is COc1ccc(CCNC(=O)C2(CCCCCSc3nnc(-c4ccc(OC(F)(F)F)cc4)n3-c3ccccc3Cl)c3ccccc3-c3ccccc32)cc1. The van der Waals surface area contributed by atoms with Gasteiger partial charge in [0.25, 0.3) is 0 Å². The molecule has 0 saturated carbocycles. The number of alkyl halides is 3. The van der Waals surface area contributed by atoms with Crippen molar-refractivity contribution in [2.75, 3.05) is 19.4 Å². The van der Waals surface area contributed by atoms with Crippen LogP contribution in [-0.2, 0) is 16.6 Å². The largest absolute Gasteiger partial charge is 0.573 e. The minimum Gasteiger partial charge on any atom is -0.497 e. The van der Waals surface area contributed by atoms with Gasteiger partial charge in [0.15, 0.2) is 11.0 Å². The Hall–Kier alpha value is -5.26. The number of halogens is 4. The number of carbonyl (C=O) groups is 1. The van der Waals surface area contributed by atoms with E-state index < -0.39 is 11.8 Å². The van der Waals surface area contributed by atoms with E-state index in [9.17, 15) is 18.0 Å². The van der Waals surface area contributed by atoms with E-state index >= 15 is 0 Å². The molecule has 12 heteroatoms. The number of thioether (sulfide) groups is 1. The molecule has 0 radical (unpaired) electrons. The molecule has 7 nitrogen and oxygen atoms in total. The highest BCUT2D eigenvalue weighted by molar-refractivity contribution is 7.99. The molecule has 0 aliphatic heterocycles. The molecule has 5 aromatic carbocycles. The Morgan fingerprint density at radius 1 is 0.800 bits per heavy atom. The lowest BCUT2D eigenvalue weighted by Gasteiger charge is -2.31. The van der Waals surface area contributed by atoms with Crippen molar-refractivity contribution >= 4 is 29.3 Å². The Bertz CT molecular complexity index is 2220. The lowest BCUT2D eigenvalue weighted by atomic mass is 9.73. The maximum Gasteiger partial charge on any atom is 0.573 e. The fourth-order valence-electron chi connectivity index (χ4n) is 7.26. The second-order valence-electron chi connectivity index (χ2n) is 13.2. The van der Waals surface area contributed by atoms with E-state index in [4.69, 9.17) is 16.3 Å². The third-order valence-corrected chi connectivity index (χ3v) is 11.1. The van der Waals surface area contributed by atoms with E-state index in [1.807, 2.05) is 71.3 Å². The molecule has 0 spiro atoms. The predicted octanol–water partition coefficient (Wildman–Crippen LogP) is 10.5. The van der Waals surface area contributed by atoms with Crippen LogP contribution in [0.25, 0.3) is 28.2 Å². The molecule has 0 saturated heterocycles. The number of benzene rings is 5. The van der Waals surface area contributed by atoms with Crippen LogP contribution < -0.4 is 14.8 Å². The first kappa shape index (κ1) is 38.0. The average Bonchev–Trinajstić information content (AvgIpc) is 3.74. The van der Waals surface area contributed by atoms with Gasteiger partial charge in [-0.1, -0.05) is 109 Å². The van der Waals surface area contributed by atoms with Crippen LogP contribution in [0.4, 0.5) is 13.2 Å². The summed E-state index contributed by atoms with van der Waals surface area (Å²) in [6, 6.07) is 37.1. The summed E-state index contributed by atoms with van der Waals surface area (Å²) < 4.78 is 49.5. The van der Waals surface area contributed by atoms with Crippen molar-refractivity contribution in [3.05, 3.63) is 143 Å². The first-order valence-electron chi connectivity index (χ1n) is 18.0. The van der Waals surface area contributed by atoms with E-state index in [2.05, 4.69) is 44.5 Å². The number of amides is 1. The molecular weight excluding hydrogens is 745 g/mol. The smallest absolute Gasteiger partial charge is 0.497 e. The Morgan fingerprint density at radius 2 is 1.44 bits per heavy atom.